The van der Waals surface area contributed by atoms with E-state index >= 15 is 0 Å². The highest BCUT2D eigenvalue weighted by molar-refractivity contribution is 7.76. The normalized spacial score (nSPS) is 18.3. The summed E-state index contributed by atoms with van der Waals surface area (Å²) in [5, 5.41) is 12.3. The van der Waals surface area contributed by atoms with Crippen LogP contribution in [0.25, 0.3) is 0 Å². The number of aryl methyl sites for hydroxylation is 2. The summed E-state index contributed by atoms with van der Waals surface area (Å²) in [5.41, 5.74) is 3.64. The Balaban J connectivity index is 2.22. The Morgan fingerprint density at radius 3 is 2.21 bits per heavy atom. The van der Waals surface area contributed by atoms with E-state index in [9.17, 15) is 4.79 Å². The molecule has 0 aliphatic carbocycles. The van der Waals surface area contributed by atoms with Crippen molar-refractivity contribution in [2.45, 2.75) is 58.5 Å². The van der Waals surface area contributed by atoms with Gasteiger partial charge >= 0.3 is 0 Å². The molecule has 0 spiro atoms. The third kappa shape index (κ3) is 4.17. The molecule has 0 bridgehead atoms. The summed E-state index contributed by atoms with van der Waals surface area (Å²) in [6, 6.07) is 5.89. The minimum absolute atomic E-state index is 0.157. The molecule has 1 aromatic rings. The summed E-state index contributed by atoms with van der Waals surface area (Å²) < 4.78 is 0. The molecule has 3 nitrogen and oxygen atoms in total. The molecular formula is C20H30N2OP+. The third-order valence-electron chi connectivity index (χ3n) is 5.44. The highest BCUT2D eigenvalue weighted by atomic mass is 31.2. The maximum Gasteiger partial charge on any atom is 0.265 e. The van der Waals surface area contributed by atoms with E-state index in [0.717, 1.165) is 23.2 Å². The van der Waals surface area contributed by atoms with Crippen LogP contribution in [0.1, 0.15) is 55.7 Å². The molecule has 0 radical (unpaired) electrons. The van der Waals surface area contributed by atoms with Gasteiger partial charge in [0.2, 0.25) is 0 Å². The lowest BCUT2D eigenvalue weighted by Crippen LogP contribution is -2.32. The summed E-state index contributed by atoms with van der Waals surface area (Å²) in [4.78, 5) is 13.1. The molecule has 0 saturated carbocycles. The van der Waals surface area contributed by atoms with Crippen molar-refractivity contribution >= 4 is 18.9 Å². The van der Waals surface area contributed by atoms with Crippen molar-refractivity contribution in [2.75, 3.05) is 24.3 Å². The van der Waals surface area contributed by atoms with Gasteiger partial charge in [0.1, 0.15) is 5.66 Å². The van der Waals surface area contributed by atoms with Crippen molar-refractivity contribution < 1.29 is 4.79 Å². The lowest BCUT2D eigenvalue weighted by atomic mass is 10.0. The van der Waals surface area contributed by atoms with Crippen LogP contribution in [0.4, 0.5) is 5.69 Å². The number of nitrogens with zero attached hydrogens (tertiary/aromatic N) is 1. The quantitative estimate of drug-likeness (QED) is 0.771. The second-order valence-electron chi connectivity index (χ2n) is 7.35. The van der Waals surface area contributed by atoms with E-state index < -0.39 is 7.26 Å². The number of rotatable bonds is 4. The molecule has 2 rings (SSSR count). The zero-order valence-electron chi connectivity index (χ0n) is 15.5. The Morgan fingerprint density at radius 1 is 1.21 bits per heavy atom. The number of hydrogen-bond acceptors (Lipinski definition) is 2. The molecule has 1 aromatic carbocycles. The lowest BCUT2D eigenvalue weighted by Gasteiger charge is -2.29. The van der Waals surface area contributed by atoms with Gasteiger partial charge in [-0.1, -0.05) is 6.92 Å². The van der Waals surface area contributed by atoms with Crippen LogP contribution >= 0.6 is 7.26 Å². The number of anilines is 1. The fourth-order valence-corrected chi connectivity index (χ4v) is 8.32. The molecule has 1 heterocycles. The van der Waals surface area contributed by atoms with Gasteiger partial charge in [0.05, 0.1) is 24.0 Å². The highest BCUT2D eigenvalue weighted by Crippen LogP contribution is 2.63. The Morgan fingerprint density at radius 2 is 1.75 bits per heavy atom. The summed E-state index contributed by atoms with van der Waals surface area (Å²) >= 11 is 0. The molecule has 1 fully saturated rings. The Hall–Kier alpha value is -1.39. The van der Waals surface area contributed by atoms with Gasteiger partial charge in [-0.2, -0.15) is 5.26 Å². The Bertz CT molecular complexity index is 617. The van der Waals surface area contributed by atoms with Crippen molar-refractivity contribution in [3.05, 3.63) is 28.8 Å². The Kier molecular flexibility index (Phi) is 6.41. The number of benzene rings is 1. The zero-order valence-corrected chi connectivity index (χ0v) is 16.4. The van der Waals surface area contributed by atoms with Gasteiger partial charge in [-0.25, -0.2) is 0 Å². The van der Waals surface area contributed by atoms with Crippen molar-refractivity contribution in [2.24, 2.45) is 0 Å². The van der Waals surface area contributed by atoms with Gasteiger partial charge in [-0.15, -0.1) is 0 Å². The number of hydrogen-bond donors (Lipinski definition) is 1. The number of carbonyl (C=O) groups is 1. The van der Waals surface area contributed by atoms with Gasteiger partial charge in [-0.3, -0.25) is 4.79 Å². The average molecular weight is 345 g/mol. The predicted molar refractivity (Wildman–Crippen MR) is 104 cm³/mol. The van der Waals surface area contributed by atoms with Crippen LogP contribution in [0.5, 0.6) is 0 Å². The molecule has 4 heteroatoms. The van der Waals surface area contributed by atoms with E-state index in [1.165, 1.54) is 38.0 Å². The van der Waals surface area contributed by atoms with Gasteiger partial charge in [0.15, 0.2) is 0 Å². The number of nitrogens with one attached hydrogen (secondary N) is 1. The molecular weight excluding hydrogens is 315 g/mol. The van der Waals surface area contributed by atoms with Gasteiger partial charge in [0, 0.05) is 19.6 Å². The van der Waals surface area contributed by atoms with Crippen molar-refractivity contribution in [1.29, 1.82) is 5.26 Å². The smallest absolute Gasteiger partial charge is 0.265 e. The van der Waals surface area contributed by atoms with Gasteiger partial charge < -0.3 is 5.32 Å². The maximum absolute atomic E-state index is 13.1. The van der Waals surface area contributed by atoms with Crippen LogP contribution < -0.4 is 5.32 Å². The minimum atomic E-state index is -1.22. The number of nitriles is 1. The zero-order chi connectivity index (χ0) is 17.7. The first-order valence-electron chi connectivity index (χ1n) is 9.07. The van der Waals surface area contributed by atoms with Crippen molar-refractivity contribution in [3.8, 4) is 6.07 Å². The lowest BCUT2D eigenvalue weighted by molar-refractivity contribution is -0.115. The van der Waals surface area contributed by atoms with Crippen LogP contribution in [0.2, 0.25) is 0 Å². The largest absolute Gasteiger partial charge is 0.322 e. The first-order valence-corrected chi connectivity index (χ1v) is 11.8. The molecule has 1 aliphatic heterocycles. The minimum Gasteiger partial charge on any atom is -0.322 e. The summed E-state index contributed by atoms with van der Waals surface area (Å²) in [7, 11) is -1.22. The molecule has 1 unspecified atom stereocenters. The van der Waals surface area contributed by atoms with Gasteiger partial charge in [-0.05, 0) is 69.2 Å². The van der Waals surface area contributed by atoms with E-state index in [1.54, 1.807) is 0 Å². The van der Waals surface area contributed by atoms with Crippen LogP contribution in [-0.2, 0) is 4.79 Å². The topological polar surface area (TPSA) is 52.9 Å². The molecule has 1 atom stereocenters. The third-order valence-corrected chi connectivity index (χ3v) is 10.2. The Labute approximate surface area is 147 Å². The summed E-state index contributed by atoms with van der Waals surface area (Å²) in [6.45, 7) is 8.49. The molecule has 1 amide bonds. The SMILES string of the molecule is CCC(C(=O)Nc1c(C)cc(C#N)cc1C)[P+]1(C)CCCCCC1. The summed E-state index contributed by atoms with van der Waals surface area (Å²) in [6.07, 6.45) is 8.63. The number of amides is 1. The van der Waals surface area contributed by atoms with E-state index in [-0.39, 0.29) is 11.6 Å². The predicted octanol–water partition coefficient (Wildman–Crippen LogP) is 5.11. The van der Waals surface area contributed by atoms with E-state index in [1.807, 2.05) is 26.0 Å². The second kappa shape index (κ2) is 8.13. The van der Waals surface area contributed by atoms with E-state index in [0.29, 0.717) is 5.56 Å². The molecule has 1 saturated heterocycles. The highest BCUT2D eigenvalue weighted by Gasteiger charge is 2.44. The molecule has 130 valence electrons. The first kappa shape index (κ1) is 18.9. The fraction of sp³-hybridized carbons (Fsp3) is 0.600. The molecule has 1 N–H and O–H groups in total. The van der Waals surface area contributed by atoms with Crippen molar-refractivity contribution in [3.63, 3.8) is 0 Å². The van der Waals surface area contributed by atoms with Crippen LogP contribution in [0.3, 0.4) is 0 Å². The van der Waals surface area contributed by atoms with Crippen LogP contribution in [0, 0.1) is 25.2 Å². The summed E-state index contributed by atoms with van der Waals surface area (Å²) in [5.74, 6) is 0.186. The fourth-order valence-electron chi connectivity index (χ4n) is 4.06. The van der Waals surface area contributed by atoms with Crippen LogP contribution in [0.15, 0.2) is 12.1 Å². The number of carbonyl (C=O) groups excluding carboxylic acids is 1. The van der Waals surface area contributed by atoms with Gasteiger partial charge in [0.25, 0.3) is 5.91 Å². The van der Waals surface area contributed by atoms with E-state index in [4.69, 9.17) is 5.26 Å². The molecule has 0 aromatic heterocycles. The van der Waals surface area contributed by atoms with Crippen molar-refractivity contribution in [1.82, 2.24) is 0 Å². The first-order chi connectivity index (χ1) is 11.4. The van der Waals surface area contributed by atoms with Crippen LogP contribution in [-0.4, -0.2) is 30.6 Å². The average Bonchev–Trinajstić information content (AvgIpc) is 2.76. The standard InChI is InChI=1S/C20H29N2OP/c1-5-18(24(4)10-8-6-7-9-11-24)20(23)22-19-15(2)12-17(14-21)13-16(19)3/h12-13,18H,5-11H2,1-4H3/p+1. The van der Waals surface area contributed by atoms with E-state index in [2.05, 4.69) is 25.0 Å². The molecule has 1 aliphatic rings. The monoisotopic (exact) mass is 345 g/mol. The second-order valence-corrected chi connectivity index (χ2v) is 11.8. The molecule has 24 heavy (non-hydrogen) atoms. The maximum atomic E-state index is 13.1.